The number of piperidine rings is 1. The van der Waals surface area contributed by atoms with Gasteiger partial charge in [-0.2, -0.15) is 0 Å². The number of carbonyl (C=O) groups is 1. The van der Waals surface area contributed by atoms with Crippen LogP contribution in [0.3, 0.4) is 0 Å². The molecule has 1 N–H and O–H groups in total. The first kappa shape index (κ1) is 28.0. The van der Waals surface area contributed by atoms with Crippen molar-refractivity contribution in [2.75, 3.05) is 69.7 Å². The lowest BCUT2D eigenvalue weighted by molar-refractivity contribution is -0.133. The summed E-state index contributed by atoms with van der Waals surface area (Å²) in [5.74, 6) is 2.68. The number of nitrogens with zero attached hydrogens (tertiary/aromatic N) is 6. The highest BCUT2D eigenvalue weighted by Crippen LogP contribution is 2.39. The fraction of sp³-hybridized carbons (Fsp3) is 0.533. The second-order valence-electron chi connectivity index (χ2n) is 11.1. The smallest absolute Gasteiger partial charge is 0.246 e. The van der Waals surface area contributed by atoms with Crippen molar-refractivity contribution >= 4 is 23.6 Å². The van der Waals surface area contributed by atoms with Gasteiger partial charge in [0, 0.05) is 56.4 Å². The first-order chi connectivity index (χ1) is 19.3. The number of ether oxygens (including phenoxy) is 2. The van der Waals surface area contributed by atoms with Crippen LogP contribution >= 0.6 is 0 Å². The molecule has 0 atom stereocenters. The van der Waals surface area contributed by atoms with E-state index in [4.69, 9.17) is 14.5 Å². The molecule has 5 rings (SSSR count). The maximum atomic E-state index is 11.8. The van der Waals surface area contributed by atoms with Crippen LogP contribution in [0.5, 0.6) is 5.75 Å². The van der Waals surface area contributed by atoms with E-state index in [9.17, 15) is 4.79 Å². The van der Waals surface area contributed by atoms with E-state index in [1.54, 1.807) is 6.33 Å². The molecular weight excluding hydrogens is 506 g/mol. The van der Waals surface area contributed by atoms with Gasteiger partial charge in [-0.3, -0.25) is 14.7 Å². The second-order valence-corrected chi connectivity index (χ2v) is 11.1. The zero-order valence-electron chi connectivity index (χ0n) is 23.9. The molecule has 40 heavy (non-hydrogen) atoms. The SMILES string of the molecule is C=CC(=O)N1CC(N2CCC(c3cc(C=C)c(OC(C)(C)c4c(NC)ncnc4N4CCOCC4)cn3)CC2)C1. The molecule has 0 aliphatic carbocycles. The van der Waals surface area contributed by atoms with Crippen molar-refractivity contribution in [2.45, 2.75) is 44.2 Å². The summed E-state index contributed by atoms with van der Waals surface area (Å²) in [5.41, 5.74) is 2.15. The third kappa shape index (κ3) is 5.69. The van der Waals surface area contributed by atoms with Gasteiger partial charge in [-0.1, -0.05) is 19.2 Å². The lowest BCUT2D eigenvalue weighted by Gasteiger charge is -2.47. The third-order valence-corrected chi connectivity index (χ3v) is 8.29. The molecule has 214 valence electrons. The molecule has 5 heterocycles. The summed E-state index contributed by atoms with van der Waals surface area (Å²) in [6, 6.07) is 2.57. The molecule has 3 saturated heterocycles. The van der Waals surface area contributed by atoms with E-state index in [1.165, 1.54) is 6.08 Å². The van der Waals surface area contributed by atoms with Gasteiger partial charge in [0.1, 0.15) is 29.3 Å². The number of hydrogen-bond acceptors (Lipinski definition) is 9. The average Bonchev–Trinajstić information content (AvgIpc) is 2.96. The molecule has 1 amide bonds. The number of amides is 1. The molecule has 0 radical (unpaired) electrons. The number of anilines is 2. The van der Waals surface area contributed by atoms with Crippen molar-refractivity contribution in [3.63, 3.8) is 0 Å². The zero-order valence-corrected chi connectivity index (χ0v) is 23.9. The van der Waals surface area contributed by atoms with Crippen LogP contribution in [0, 0.1) is 0 Å². The Kier molecular flexibility index (Phi) is 8.37. The maximum Gasteiger partial charge on any atom is 0.246 e. The molecule has 3 aliphatic heterocycles. The quantitative estimate of drug-likeness (QED) is 0.475. The minimum Gasteiger partial charge on any atom is -0.481 e. The van der Waals surface area contributed by atoms with Gasteiger partial charge in [-0.05, 0) is 51.9 Å². The van der Waals surface area contributed by atoms with E-state index in [2.05, 4.69) is 44.3 Å². The summed E-state index contributed by atoms with van der Waals surface area (Å²) < 4.78 is 12.2. The summed E-state index contributed by atoms with van der Waals surface area (Å²) >= 11 is 0. The van der Waals surface area contributed by atoms with Crippen LogP contribution in [-0.2, 0) is 15.1 Å². The van der Waals surface area contributed by atoms with Gasteiger partial charge < -0.3 is 24.6 Å². The normalized spacial score (nSPS) is 19.2. The van der Waals surface area contributed by atoms with Crippen LogP contribution in [0.4, 0.5) is 11.6 Å². The fourth-order valence-corrected chi connectivity index (χ4v) is 5.96. The minimum absolute atomic E-state index is 0.0251. The largest absolute Gasteiger partial charge is 0.481 e. The molecule has 0 bridgehead atoms. The van der Waals surface area contributed by atoms with E-state index in [1.807, 2.05) is 38.1 Å². The van der Waals surface area contributed by atoms with Crippen molar-refractivity contribution in [3.05, 3.63) is 54.6 Å². The summed E-state index contributed by atoms with van der Waals surface area (Å²) in [7, 11) is 1.86. The molecule has 3 aliphatic rings. The Bertz CT molecular complexity index is 1230. The zero-order chi connectivity index (χ0) is 28.3. The summed E-state index contributed by atoms with van der Waals surface area (Å²) in [6.45, 7) is 18.2. The van der Waals surface area contributed by atoms with Crippen molar-refractivity contribution in [3.8, 4) is 5.75 Å². The van der Waals surface area contributed by atoms with Crippen LogP contribution in [0.2, 0.25) is 0 Å². The number of likely N-dealkylation sites (tertiary alicyclic amines) is 2. The van der Waals surface area contributed by atoms with Gasteiger partial charge in [0.15, 0.2) is 0 Å². The van der Waals surface area contributed by atoms with Gasteiger partial charge >= 0.3 is 0 Å². The summed E-state index contributed by atoms with van der Waals surface area (Å²) in [4.78, 5) is 32.4. The standard InChI is InChI=1S/C30H41N7O3/c1-6-21-16-24(22-8-10-35(11-9-22)23-18-37(19-23)26(38)7-2)32-17-25(21)40-30(3,4)27-28(31-5)33-20-34-29(27)36-12-14-39-15-13-36/h6-7,16-17,20,22-23H,1-2,8-15,18-19H2,3-5H3,(H,31,33,34). The van der Waals surface area contributed by atoms with Gasteiger partial charge in [-0.25, -0.2) is 9.97 Å². The van der Waals surface area contributed by atoms with Crippen LogP contribution in [0.1, 0.15) is 49.4 Å². The monoisotopic (exact) mass is 547 g/mol. The van der Waals surface area contributed by atoms with Crippen molar-refractivity contribution < 1.29 is 14.3 Å². The molecule has 10 nitrogen and oxygen atoms in total. The van der Waals surface area contributed by atoms with Crippen molar-refractivity contribution in [2.24, 2.45) is 0 Å². The predicted octanol–water partition coefficient (Wildman–Crippen LogP) is 3.28. The second kappa shape index (κ2) is 11.9. The number of carbonyl (C=O) groups excluding carboxylic acids is 1. The Morgan fingerprint density at radius 1 is 1.12 bits per heavy atom. The van der Waals surface area contributed by atoms with Crippen LogP contribution in [-0.4, -0.2) is 96.2 Å². The average molecular weight is 548 g/mol. The molecule has 2 aromatic rings. The van der Waals surface area contributed by atoms with Crippen LogP contribution < -0.4 is 15.0 Å². The summed E-state index contributed by atoms with van der Waals surface area (Å²) in [6.07, 6.45) is 8.75. The van der Waals surface area contributed by atoms with E-state index in [0.717, 1.165) is 80.6 Å². The van der Waals surface area contributed by atoms with Gasteiger partial charge in [-0.15, -0.1) is 0 Å². The highest BCUT2D eigenvalue weighted by Gasteiger charge is 2.37. The number of hydrogen-bond donors (Lipinski definition) is 1. The van der Waals surface area contributed by atoms with E-state index >= 15 is 0 Å². The number of nitrogens with one attached hydrogen (secondary N) is 1. The maximum absolute atomic E-state index is 11.8. The number of morpholine rings is 1. The Morgan fingerprint density at radius 2 is 1.85 bits per heavy atom. The highest BCUT2D eigenvalue weighted by molar-refractivity contribution is 5.87. The Hall–Kier alpha value is -3.50. The minimum atomic E-state index is -0.747. The van der Waals surface area contributed by atoms with E-state index < -0.39 is 5.60 Å². The van der Waals surface area contributed by atoms with Gasteiger partial charge in [0.2, 0.25) is 5.91 Å². The van der Waals surface area contributed by atoms with E-state index in [0.29, 0.717) is 30.9 Å². The Balaban J connectivity index is 1.29. The Morgan fingerprint density at radius 3 is 2.50 bits per heavy atom. The predicted molar refractivity (Wildman–Crippen MR) is 157 cm³/mol. The highest BCUT2D eigenvalue weighted by atomic mass is 16.5. The first-order valence-corrected chi connectivity index (χ1v) is 14.2. The molecule has 0 unspecified atom stereocenters. The van der Waals surface area contributed by atoms with E-state index in [-0.39, 0.29) is 5.91 Å². The molecule has 0 saturated carbocycles. The number of aromatic nitrogens is 3. The lowest BCUT2D eigenvalue weighted by atomic mass is 9.90. The molecule has 0 aromatic carbocycles. The van der Waals surface area contributed by atoms with Gasteiger partial charge in [0.25, 0.3) is 0 Å². The summed E-state index contributed by atoms with van der Waals surface area (Å²) in [5, 5.41) is 3.23. The number of rotatable bonds is 9. The third-order valence-electron chi connectivity index (χ3n) is 8.29. The molecular formula is C30H41N7O3. The fourth-order valence-electron chi connectivity index (χ4n) is 5.96. The van der Waals surface area contributed by atoms with Crippen LogP contribution in [0.25, 0.3) is 6.08 Å². The Labute approximate surface area is 237 Å². The molecule has 10 heteroatoms. The molecule has 0 spiro atoms. The number of pyridine rings is 1. The topological polar surface area (TPSA) is 96.0 Å². The van der Waals surface area contributed by atoms with Gasteiger partial charge in [0.05, 0.1) is 25.0 Å². The first-order valence-electron chi connectivity index (χ1n) is 14.2. The van der Waals surface area contributed by atoms with Crippen molar-refractivity contribution in [1.82, 2.24) is 24.8 Å². The molecule has 3 fully saturated rings. The van der Waals surface area contributed by atoms with Crippen molar-refractivity contribution in [1.29, 1.82) is 0 Å². The van der Waals surface area contributed by atoms with Crippen LogP contribution in [0.15, 0.2) is 37.8 Å². The lowest BCUT2D eigenvalue weighted by Crippen LogP contribution is -2.61. The molecule has 2 aromatic heterocycles.